The van der Waals surface area contributed by atoms with Gasteiger partial charge in [0.05, 0.1) is 6.04 Å². The van der Waals surface area contributed by atoms with E-state index in [1.807, 2.05) is 0 Å². The molecule has 2 aromatic carbocycles. The third kappa shape index (κ3) is 2.80. The van der Waals surface area contributed by atoms with Crippen molar-refractivity contribution in [2.24, 2.45) is 0 Å². The molecule has 0 spiro atoms. The maximum atomic E-state index is 14.2. The molecular formula is C15H13Cl2F2N. The number of halogens is 4. The summed E-state index contributed by atoms with van der Waals surface area (Å²) in [6.07, 6.45) is 0. The van der Waals surface area contributed by atoms with Crippen LogP contribution in [0.5, 0.6) is 0 Å². The van der Waals surface area contributed by atoms with Crippen molar-refractivity contribution >= 4 is 23.2 Å². The lowest BCUT2D eigenvalue weighted by Crippen LogP contribution is -2.21. The standard InChI is InChI=1S/C15H13Cl2F2N/c1-8-3-6-12(18)13(14(8)19)15(20-2)10-5-4-9(16)7-11(10)17/h3-7,15,20H,1-2H3. The van der Waals surface area contributed by atoms with Crippen LogP contribution >= 0.6 is 23.2 Å². The Morgan fingerprint density at radius 1 is 1.10 bits per heavy atom. The van der Waals surface area contributed by atoms with Gasteiger partial charge in [0.25, 0.3) is 0 Å². The second-order valence-electron chi connectivity index (χ2n) is 4.48. The van der Waals surface area contributed by atoms with E-state index >= 15 is 0 Å². The van der Waals surface area contributed by atoms with Crippen LogP contribution in [0, 0.1) is 18.6 Å². The van der Waals surface area contributed by atoms with Gasteiger partial charge in [0, 0.05) is 15.6 Å². The SMILES string of the molecule is CNC(c1ccc(Cl)cc1Cl)c1c(F)ccc(C)c1F. The van der Waals surface area contributed by atoms with Crippen LogP contribution < -0.4 is 5.32 Å². The molecule has 0 aromatic heterocycles. The molecule has 0 amide bonds. The summed E-state index contributed by atoms with van der Waals surface area (Å²) in [5, 5.41) is 3.73. The number of rotatable bonds is 3. The maximum absolute atomic E-state index is 14.2. The molecule has 1 unspecified atom stereocenters. The zero-order valence-electron chi connectivity index (χ0n) is 11.0. The fraction of sp³-hybridized carbons (Fsp3) is 0.200. The third-order valence-electron chi connectivity index (χ3n) is 3.17. The zero-order valence-corrected chi connectivity index (χ0v) is 12.5. The summed E-state index contributed by atoms with van der Waals surface area (Å²) in [5.74, 6) is -1.19. The first-order chi connectivity index (χ1) is 9.45. The van der Waals surface area contributed by atoms with Crippen LogP contribution in [0.3, 0.4) is 0 Å². The van der Waals surface area contributed by atoms with E-state index in [2.05, 4.69) is 5.32 Å². The van der Waals surface area contributed by atoms with E-state index in [9.17, 15) is 8.78 Å². The van der Waals surface area contributed by atoms with E-state index in [1.54, 1.807) is 32.2 Å². The average molecular weight is 316 g/mol. The molecule has 0 radical (unpaired) electrons. The lowest BCUT2D eigenvalue weighted by atomic mass is 9.96. The summed E-state index contributed by atoms with van der Waals surface area (Å²) in [5.41, 5.74) is 0.908. The van der Waals surface area contributed by atoms with Crippen molar-refractivity contribution in [3.63, 3.8) is 0 Å². The predicted molar refractivity (Wildman–Crippen MR) is 78.5 cm³/mol. The van der Waals surface area contributed by atoms with Gasteiger partial charge in [-0.2, -0.15) is 0 Å². The molecule has 20 heavy (non-hydrogen) atoms. The molecule has 1 N–H and O–H groups in total. The fourth-order valence-corrected chi connectivity index (χ4v) is 2.65. The fourth-order valence-electron chi connectivity index (χ4n) is 2.13. The highest BCUT2D eigenvalue weighted by Gasteiger charge is 2.23. The molecule has 1 nitrogen and oxygen atoms in total. The van der Waals surface area contributed by atoms with Crippen molar-refractivity contribution in [3.05, 3.63) is 68.7 Å². The molecule has 0 fully saturated rings. The van der Waals surface area contributed by atoms with E-state index in [0.717, 1.165) is 0 Å². The first-order valence-electron chi connectivity index (χ1n) is 6.02. The van der Waals surface area contributed by atoms with Crippen LogP contribution in [0.2, 0.25) is 10.0 Å². The summed E-state index contributed by atoms with van der Waals surface area (Å²) in [4.78, 5) is 0. The Balaban J connectivity index is 2.61. The molecule has 5 heteroatoms. The highest BCUT2D eigenvalue weighted by molar-refractivity contribution is 6.35. The van der Waals surface area contributed by atoms with E-state index in [1.165, 1.54) is 12.1 Å². The monoisotopic (exact) mass is 315 g/mol. The Bertz CT molecular complexity index is 644. The summed E-state index contributed by atoms with van der Waals surface area (Å²) >= 11 is 12.0. The van der Waals surface area contributed by atoms with Crippen molar-refractivity contribution in [2.45, 2.75) is 13.0 Å². The molecule has 2 aromatic rings. The Morgan fingerprint density at radius 3 is 2.40 bits per heavy atom. The van der Waals surface area contributed by atoms with Gasteiger partial charge in [-0.15, -0.1) is 0 Å². The van der Waals surface area contributed by atoms with Gasteiger partial charge in [0.1, 0.15) is 11.6 Å². The lowest BCUT2D eigenvalue weighted by Gasteiger charge is -2.20. The van der Waals surface area contributed by atoms with Gasteiger partial charge in [-0.1, -0.05) is 35.3 Å². The van der Waals surface area contributed by atoms with Crippen molar-refractivity contribution in [2.75, 3.05) is 7.05 Å². The van der Waals surface area contributed by atoms with Crippen LogP contribution in [-0.4, -0.2) is 7.05 Å². The normalized spacial score (nSPS) is 12.5. The largest absolute Gasteiger partial charge is 0.309 e. The molecular weight excluding hydrogens is 303 g/mol. The molecule has 0 aliphatic rings. The van der Waals surface area contributed by atoms with Crippen molar-refractivity contribution in [3.8, 4) is 0 Å². The number of aryl methyl sites for hydroxylation is 1. The maximum Gasteiger partial charge on any atom is 0.134 e. The molecule has 2 rings (SSSR count). The predicted octanol–water partition coefficient (Wildman–Crippen LogP) is 4.89. The highest BCUT2D eigenvalue weighted by Crippen LogP contribution is 2.33. The molecule has 106 valence electrons. The van der Waals surface area contributed by atoms with Crippen LogP contribution in [0.4, 0.5) is 8.78 Å². The van der Waals surface area contributed by atoms with Crippen molar-refractivity contribution < 1.29 is 8.78 Å². The van der Waals surface area contributed by atoms with E-state index in [4.69, 9.17) is 23.2 Å². The van der Waals surface area contributed by atoms with Gasteiger partial charge in [-0.05, 0) is 43.3 Å². The Morgan fingerprint density at radius 2 is 1.80 bits per heavy atom. The lowest BCUT2D eigenvalue weighted by molar-refractivity contribution is 0.517. The second-order valence-corrected chi connectivity index (χ2v) is 5.32. The second kappa shape index (κ2) is 6.08. The number of benzene rings is 2. The minimum atomic E-state index is -0.681. The van der Waals surface area contributed by atoms with E-state index < -0.39 is 17.7 Å². The van der Waals surface area contributed by atoms with Crippen molar-refractivity contribution in [1.29, 1.82) is 0 Å². The summed E-state index contributed by atoms with van der Waals surface area (Å²) in [6.45, 7) is 1.59. The minimum Gasteiger partial charge on any atom is -0.309 e. The summed E-state index contributed by atoms with van der Waals surface area (Å²) < 4.78 is 28.3. The molecule has 0 bridgehead atoms. The molecule has 0 aliphatic carbocycles. The van der Waals surface area contributed by atoms with Gasteiger partial charge < -0.3 is 5.32 Å². The van der Waals surface area contributed by atoms with Crippen molar-refractivity contribution in [1.82, 2.24) is 5.32 Å². The Kier molecular flexibility index (Phi) is 4.63. The van der Waals surface area contributed by atoms with Crippen LogP contribution in [-0.2, 0) is 0 Å². The number of hydrogen-bond donors (Lipinski definition) is 1. The summed E-state index contributed by atoms with van der Waals surface area (Å²) in [7, 11) is 1.62. The molecule has 0 aliphatic heterocycles. The van der Waals surface area contributed by atoms with E-state index in [0.29, 0.717) is 21.2 Å². The van der Waals surface area contributed by atoms with Crippen LogP contribution in [0.15, 0.2) is 30.3 Å². The Labute approximate surface area is 126 Å². The molecule has 1 atom stereocenters. The smallest absolute Gasteiger partial charge is 0.134 e. The molecule has 0 saturated carbocycles. The van der Waals surface area contributed by atoms with Crippen LogP contribution in [0.1, 0.15) is 22.7 Å². The Hall–Kier alpha value is -1.16. The minimum absolute atomic E-state index is 0.0447. The summed E-state index contributed by atoms with van der Waals surface area (Å²) in [6, 6.07) is 6.83. The number of nitrogens with one attached hydrogen (secondary N) is 1. The van der Waals surface area contributed by atoms with Gasteiger partial charge >= 0.3 is 0 Å². The quantitative estimate of drug-likeness (QED) is 0.850. The topological polar surface area (TPSA) is 12.0 Å². The van der Waals surface area contributed by atoms with Gasteiger partial charge in [0.2, 0.25) is 0 Å². The van der Waals surface area contributed by atoms with Crippen LogP contribution in [0.25, 0.3) is 0 Å². The van der Waals surface area contributed by atoms with Gasteiger partial charge in [-0.25, -0.2) is 8.78 Å². The highest BCUT2D eigenvalue weighted by atomic mass is 35.5. The van der Waals surface area contributed by atoms with Gasteiger partial charge in [0.15, 0.2) is 0 Å². The molecule has 0 saturated heterocycles. The zero-order chi connectivity index (χ0) is 14.9. The average Bonchev–Trinajstić information content (AvgIpc) is 2.40. The van der Waals surface area contributed by atoms with Gasteiger partial charge in [-0.3, -0.25) is 0 Å². The van der Waals surface area contributed by atoms with E-state index in [-0.39, 0.29) is 5.56 Å². The third-order valence-corrected chi connectivity index (χ3v) is 3.73. The first kappa shape index (κ1) is 15.2. The number of hydrogen-bond acceptors (Lipinski definition) is 1. The molecule has 0 heterocycles. The first-order valence-corrected chi connectivity index (χ1v) is 6.78.